The molecule has 1 unspecified atom stereocenters. The smallest absolute Gasteiger partial charge is 0.375 e. The first-order valence-electron chi connectivity index (χ1n) is 20.3. The van der Waals surface area contributed by atoms with Crippen molar-refractivity contribution in [2.24, 2.45) is 17.6 Å². The number of nitrogens with one attached hydrogen (secondary N) is 1. The number of carbonyl (C=O) groups excluding carboxylic acids is 7. The Hall–Kier alpha value is -5.40. The summed E-state index contributed by atoms with van der Waals surface area (Å²) in [6.45, 7) is 5.92. The van der Waals surface area contributed by atoms with Crippen molar-refractivity contribution in [1.29, 1.82) is 0 Å². The molecule has 340 valence electrons. The fourth-order valence-electron chi connectivity index (χ4n) is 4.39. The molecule has 3 aromatic rings. The van der Waals surface area contributed by atoms with E-state index in [1.54, 1.807) is 27.0 Å². The Bertz CT molecular complexity index is 1940. The first-order chi connectivity index (χ1) is 29.8. The zero-order valence-electron chi connectivity index (χ0n) is 34.8. The number of aromatic nitrogens is 3. The summed E-state index contributed by atoms with van der Waals surface area (Å²) in [7, 11) is 0. The molecule has 19 nitrogen and oxygen atoms in total. The number of alkyl halides is 1. The van der Waals surface area contributed by atoms with Gasteiger partial charge >= 0.3 is 17.9 Å². The number of halogens is 2. The Morgan fingerprint density at radius 3 is 1.71 bits per heavy atom. The number of carbonyl (C=O) groups is 7. The SMILES string of the molecule is CCOC(=O)/C(Cl)=C/NC(=O)C1CC1.CCOC(=O)C(Cl)C=O.CCOC(=O)c1cnc(C2CC2)o1.NC(=O)C1CC1.O=Cc1cnc(C2CC2)o1.OCc1cnc(C2CC2)o1. The number of nitrogens with two attached hydrogens (primary N) is 1. The Morgan fingerprint density at radius 2 is 1.29 bits per heavy atom. The Morgan fingerprint density at radius 1 is 0.774 bits per heavy atom. The number of nitrogens with zero attached hydrogens (tertiary/aromatic N) is 3. The summed E-state index contributed by atoms with van der Waals surface area (Å²) >= 11 is 10.7. The number of primary amides is 1. The van der Waals surface area contributed by atoms with Gasteiger partial charge in [-0.2, -0.15) is 0 Å². The maximum absolute atomic E-state index is 11.1. The van der Waals surface area contributed by atoms with Gasteiger partial charge in [-0.05, 0) is 85.0 Å². The summed E-state index contributed by atoms with van der Waals surface area (Å²) in [5, 5.41) is 9.81. The van der Waals surface area contributed by atoms with Gasteiger partial charge in [0.05, 0.1) is 38.4 Å². The number of hydrogen-bond donors (Lipinski definition) is 3. The van der Waals surface area contributed by atoms with Crippen LogP contribution < -0.4 is 11.1 Å². The summed E-state index contributed by atoms with van der Waals surface area (Å²) in [5.74, 6) is 3.16. The molecule has 21 heteroatoms. The van der Waals surface area contributed by atoms with Gasteiger partial charge in [-0.3, -0.25) is 14.4 Å². The zero-order chi connectivity index (χ0) is 45.6. The highest BCUT2D eigenvalue weighted by Crippen LogP contribution is 2.40. The second-order valence-electron chi connectivity index (χ2n) is 14.1. The van der Waals surface area contributed by atoms with Crippen LogP contribution in [0.1, 0.15) is 147 Å². The summed E-state index contributed by atoms with van der Waals surface area (Å²) in [4.78, 5) is 85.5. The number of aliphatic hydroxyl groups excluding tert-OH is 1. The molecule has 0 bridgehead atoms. The molecule has 3 heterocycles. The highest BCUT2D eigenvalue weighted by molar-refractivity contribution is 6.41. The Kier molecular flexibility index (Phi) is 22.0. The molecule has 62 heavy (non-hydrogen) atoms. The fraction of sp³-hybridized carbons (Fsp3) is 0.561. The molecule has 0 aliphatic heterocycles. The van der Waals surface area contributed by atoms with Crippen LogP contribution in [0, 0.1) is 11.8 Å². The van der Waals surface area contributed by atoms with Crippen LogP contribution in [0.3, 0.4) is 0 Å². The third-order valence-corrected chi connectivity index (χ3v) is 9.08. The minimum atomic E-state index is -1.15. The summed E-state index contributed by atoms with van der Waals surface area (Å²) < 4.78 is 29.3. The zero-order valence-corrected chi connectivity index (χ0v) is 36.3. The lowest BCUT2D eigenvalue weighted by atomic mass is 10.4. The third kappa shape index (κ3) is 20.0. The molecule has 0 aromatic carbocycles. The number of rotatable bonds is 15. The van der Waals surface area contributed by atoms with Crippen molar-refractivity contribution in [3.63, 3.8) is 0 Å². The van der Waals surface area contributed by atoms with Crippen LogP contribution in [0.4, 0.5) is 0 Å². The van der Waals surface area contributed by atoms with Crippen LogP contribution in [0.15, 0.2) is 43.1 Å². The predicted octanol–water partition coefficient (Wildman–Crippen LogP) is 5.53. The van der Waals surface area contributed by atoms with E-state index in [0.717, 1.165) is 63.1 Å². The molecule has 5 saturated carbocycles. The van der Waals surface area contributed by atoms with Crippen LogP contribution >= 0.6 is 23.2 Å². The van der Waals surface area contributed by atoms with Crippen molar-refractivity contribution in [1.82, 2.24) is 20.3 Å². The van der Waals surface area contributed by atoms with Crippen molar-refractivity contribution >= 4 is 65.5 Å². The lowest BCUT2D eigenvalue weighted by Crippen LogP contribution is -2.20. The van der Waals surface area contributed by atoms with Crippen LogP contribution in [0.5, 0.6) is 0 Å². The van der Waals surface area contributed by atoms with Gasteiger partial charge in [0, 0.05) is 35.8 Å². The monoisotopic (exact) mass is 909 g/mol. The van der Waals surface area contributed by atoms with Gasteiger partial charge in [0.2, 0.25) is 17.6 Å². The molecular formula is C41H53Cl2N5O14. The lowest BCUT2D eigenvalue weighted by molar-refractivity contribution is -0.143. The maximum Gasteiger partial charge on any atom is 0.375 e. The maximum atomic E-state index is 11.1. The minimum absolute atomic E-state index is 0.0419. The topological polar surface area (TPSA) is 284 Å². The van der Waals surface area contributed by atoms with E-state index in [9.17, 15) is 33.6 Å². The average Bonchev–Trinajstić information content (AvgIpc) is 4.06. The number of aliphatic hydroxyl groups is 1. The molecule has 5 fully saturated rings. The predicted molar refractivity (Wildman–Crippen MR) is 218 cm³/mol. The van der Waals surface area contributed by atoms with E-state index in [2.05, 4.69) is 29.7 Å². The van der Waals surface area contributed by atoms with Crippen LogP contribution in [-0.2, 0) is 44.8 Å². The molecule has 1 atom stereocenters. The second-order valence-corrected chi connectivity index (χ2v) is 15.0. The van der Waals surface area contributed by atoms with Crippen molar-refractivity contribution in [2.45, 2.75) is 115 Å². The average molecular weight is 911 g/mol. The summed E-state index contributed by atoms with van der Waals surface area (Å²) in [5.41, 5.74) is 4.86. The van der Waals surface area contributed by atoms with Crippen molar-refractivity contribution in [2.75, 3.05) is 19.8 Å². The van der Waals surface area contributed by atoms with Crippen molar-refractivity contribution < 1.29 is 66.1 Å². The number of oxazole rings is 3. The largest absolute Gasteiger partial charge is 0.465 e. The molecule has 8 rings (SSSR count). The Balaban J connectivity index is 0.000000201. The normalized spacial score (nSPS) is 16.4. The van der Waals surface area contributed by atoms with Gasteiger partial charge in [0.15, 0.2) is 35.1 Å². The molecule has 4 N–H and O–H groups in total. The van der Waals surface area contributed by atoms with E-state index >= 15 is 0 Å². The summed E-state index contributed by atoms with van der Waals surface area (Å²) in [6, 6.07) is 0. The van der Waals surface area contributed by atoms with E-state index in [-0.39, 0.29) is 54.3 Å². The van der Waals surface area contributed by atoms with Gasteiger partial charge in [0.1, 0.15) is 23.7 Å². The number of ether oxygens (including phenoxy) is 3. The molecule has 0 spiro atoms. The lowest BCUT2D eigenvalue weighted by Gasteiger charge is -2.00. The summed E-state index contributed by atoms with van der Waals surface area (Å²) in [6.07, 6.45) is 17.5. The highest BCUT2D eigenvalue weighted by Gasteiger charge is 2.31. The standard InChI is InChI=1S/C9H12ClNO3.C9H11NO3.C7H9NO2.C7H7NO2.C5H7ClO3.C4H7NO/c1-2-14-9(13)7(10)5-11-8(12)6-3-4-6;1-2-12-9(11)7-5-10-8(13-7)6-3-4-6;2*9-4-6-3-8-7(10-6)5-1-2-5;1-2-9-5(8)4(6)3-7;5-4(6)3-1-2-3/h5-6H,2-4H2,1H3,(H,11,12);5-6H,2-4H2,1H3;3,5,9H,1-2,4H2;3-5H,1-2H2;3-4H,2H2,1H3;3H,1-2H2,(H2,5,6)/b7-5-;;;;;. The van der Waals surface area contributed by atoms with Gasteiger partial charge in [-0.1, -0.05) is 11.6 Å². The van der Waals surface area contributed by atoms with Crippen molar-refractivity contribution in [3.8, 4) is 0 Å². The van der Waals surface area contributed by atoms with Gasteiger partial charge in [-0.25, -0.2) is 29.3 Å². The molecule has 3 aromatic heterocycles. The Labute approximate surface area is 367 Å². The van der Waals surface area contributed by atoms with Crippen LogP contribution in [0.25, 0.3) is 0 Å². The highest BCUT2D eigenvalue weighted by atomic mass is 35.5. The first kappa shape index (κ1) is 51.0. The number of amides is 2. The number of aldehydes is 2. The van der Waals surface area contributed by atoms with Crippen molar-refractivity contribution in [3.05, 3.63) is 64.8 Å². The van der Waals surface area contributed by atoms with E-state index in [0.29, 0.717) is 54.3 Å². The van der Waals surface area contributed by atoms with Crippen LogP contribution in [0.2, 0.25) is 0 Å². The van der Waals surface area contributed by atoms with Crippen LogP contribution in [-0.4, -0.2) is 87.6 Å². The molecule has 5 aliphatic rings. The molecular weight excluding hydrogens is 857 g/mol. The number of hydrogen-bond acceptors (Lipinski definition) is 17. The fourth-order valence-corrected chi connectivity index (χ4v) is 4.57. The minimum Gasteiger partial charge on any atom is -0.465 e. The van der Waals surface area contributed by atoms with E-state index < -0.39 is 23.3 Å². The van der Waals surface area contributed by atoms with Gasteiger partial charge < -0.3 is 48.4 Å². The molecule has 2 amide bonds. The van der Waals surface area contributed by atoms with Gasteiger partial charge in [0.25, 0.3) is 0 Å². The van der Waals surface area contributed by atoms with E-state index in [4.69, 9.17) is 52.0 Å². The van der Waals surface area contributed by atoms with E-state index in [1.807, 2.05) is 0 Å². The molecule has 0 saturated heterocycles. The second kappa shape index (κ2) is 26.8. The quantitative estimate of drug-likeness (QED) is 0.0422. The first-order valence-corrected chi connectivity index (χ1v) is 21.1. The third-order valence-electron chi connectivity index (χ3n) is 8.54. The van der Waals surface area contributed by atoms with E-state index in [1.165, 1.54) is 31.4 Å². The molecule has 0 radical (unpaired) electrons. The molecule has 5 aliphatic carbocycles. The number of esters is 3. The van der Waals surface area contributed by atoms with Gasteiger partial charge in [-0.15, -0.1) is 11.6 Å².